The molecule has 8 aliphatic rings. The molecule has 4 aliphatic carbocycles. The number of methoxy groups -OCH3 is 1. The van der Waals surface area contributed by atoms with E-state index in [1.807, 2.05) is 0 Å². The van der Waals surface area contributed by atoms with E-state index in [1.54, 1.807) is 12.2 Å². The summed E-state index contributed by atoms with van der Waals surface area (Å²) in [6.45, 7) is -2.21. The van der Waals surface area contributed by atoms with E-state index in [4.69, 9.17) is 57.2 Å². The second-order valence-electron chi connectivity index (χ2n) is 23.7. The number of rotatable bonds is 20. The number of hydrogen-bond donors (Lipinski definition) is 15. The van der Waals surface area contributed by atoms with Crippen LogP contribution < -0.4 is 0 Å². The van der Waals surface area contributed by atoms with Crippen LogP contribution in [0.4, 0.5) is 0 Å². The van der Waals surface area contributed by atoms with Crippen molar-refractivity contribution >= 4 is 23.9 Å². The summed E-state index contributed by atoms with van der Waals surface area (Å²) in [7, 11) is 1.46. The Morgan fingerprint density at radius 1 is 0.459 bits per heavy atom. The molecule has 4 saturated heterocycles. The van der Waals surface area contributed by atoms with Crippen LogP contribution >= 0.6 is 0 Å². The molecular formula is C55H84O30. The van der Waals surface area contributed by atoms with E-state index in [2.05, 4.69) is 0 Å². The number of aliphatic carboxylic acids is 1. The van der Waals surface area contributed by atoms with Crippen LogP contribution in [0.1, 0.15) is 83.5 Å². The van der Waals surface area contributed by atoms with Crippen LogP contribution in [0.3, 0.4) is 0 Å². The molecule has 85 heavy (non-hydrogen) atoms. The minimum atomic E-state index is -2.11. The molecule has 484 valence electrons. The van der Waals surface area contributed by atoms with Gasteiger partial charge in [-0.3, -0.25) is 9.59 Å². The number of fused-ring (bicyclic) bond motifs is 1. The second-order valence-corrected chi connectivity index (χ2v) is 23.7. The lowest BCUT2D eigenvalue weighted by atomic mass is 9.72. The average Bonchev–Trinajstić information content (AvgIpc) is 1.95. The number of carboxylic acid groups (broad SMARTS) is 1. The summed E-state index contributed by atoms with van der Waals surface area (Å²) in [5.41, 5.74) is 0. The largest absolute Gasteiger partial charge is 0.481 e. The molecule has 26 atom stereocenters. The molecule has 26 unspecified atom stereocenters. The van der Waals surface area contributed by atoms with Crippen LogP contribution in [0.25, 0.3) is 0 Å². The fraction of sp³-hybridized carbons (Fsp3) is 0.855. The first-order valence-electron chi connectivity index (χ1n) is 29.1. The fourth-order valence-electron chi connectivity index (χ4n) is 12.8. The third-order valence-corrected chi connectivity index (χ3v) is 17.7. The van der Waals surface area contributed by atoms with E-state index < -0.39 is 221 Å². The predicted molar refractivity (Wildman–Crippen MR) is 277 cm³/mol. The van der Waals surface area contributed by atoms with Crippen molar-refractivity contribution in [2.45, 2.75) is 243 Å². The molecule has 0 radical (unpaired) electrons. The molecule has 30 heteroatoms. The number of allylic oxidation sites excluding steroid dienone is 2. The maximum Gasteiger partial charge on any atom is 0.330 e. The quantitative estimate of drug-likeness (QED) is 0.0234. The van der Waals surface area contributed by atoms with Gasteiger partial charge in [-0.15, -0.1) is 0 Å². The highest BCUT2D eigenvalue weighted by molar-refractivity contribution is 5.90. The van der Waals surface area contributed by atoms with Crippen LogP contribution in [0.5, 0.6) is 0 Å². The van der Waals surface area contributed by atoms with Crippen molar-refractivity contribution in [2.24, 2.45) is 23.7 Å². The molecule has 0 aromatic rings. The molecule has 8 rings (SSSR count). The molecule has 0 spiro atoms. The van der Waals surface area contributed by atoms with E-state index in [0.717, 1.165) is 6.08 Å². The first-order valence-corrected chi connectivity index (χ1v) is 29.1. The molecule has 0 amide bonds. The number of aliphatic hydroxyl groups excluding tert-OH is 14. The zero-order chi connectivity index (χ0) is 61.6. The standard InChI is InChI=1S/C55H84O30/c1-75-33-12-23(4-9-28(33)58)6-11-40(64)76-19-35-43(67)47(71)50(74)54(83-35)85-52-48(72)45(69)37(20-77-39(63)10-5-22-2-7-25(56)8-3-22)84-55(52)81-34-17-27-31(79-51(34)24-13-29(59)42(66)30(60)14-24)15-26(57)16-32(27)80-53-49(73)46(70)44(68)36(82-53)21-78-41(65)18-38(61)62/h5-6,10-11,22-37,42-60,66-74H,2-4,7-9,12-21H2,1H3,(H,61,62). The Labute approximate surface area is 488 Å². The van der Waals surface area contributed by atoms with Gasteiger partial charge >= 0.3 is 23.9 Å². The van der Waals surface area contributed by atoms with Crippen LogP contribution in [0.15, 0.2) is 24.3 Å². The van der Waals surface area contributed by atoms with Gasteiger partial charge in [-0.05, 0) is 88.4 Å². The van der Waals surface area contributed by atoms with Crippen LogP contribution in [-0.4, -0.2) is 287 Å². The normalized spacial score (nSPS) is 46.3. The van der Waals surface area contributed by atoms with Gasteiger partial charge in [0.05, 0.1) is 61.0 Å². The van der Waals surface area contributed by atoms with Gasteiger partial charge in [0.25, 0.3) is 0 Å². The molecule has 15 N–H and O–H groups in total. The van der Waals surface area contributed by atoms with Crippen molar-refractivity contribution < 1.29 is 148 Å². The van der Waals surface area contributed by atoms with Crippen LogP contribution in [0.2, 0.25) is 0 Å². The Morgan fingerprint density at radius 2 is 0.976 bits per heavy atom. The topological polar surface area (TPSA) is 473 Å². The molecular weight excluding hydrogens is 1140 g/mol. The second kappa shape index (κ2) is 30.3. The first-order chi connectivity index (χ1) is 40.4. The summed E-state index contributed by atoms with van der Waals surface area (Å²) in [6, 6.07) is 0. The number of aliphatic hydroxyl groups is 14. The lowest BCUT2D eigenvalue weighted by Crippen LogP contribution is -2.66. The smallest absolute Gasteiger partial charge is 0.330 e. The predicted octanol–water partition coefficient (Wildman–Crippen LogP) is -5.43. The van der Waals surface area contributed by atoms with Crippen molar-refractivity contribution in [2.75, 3.05) is 26.9 Å². The third-order valence-electron chi connectivity index (χ3n) is 17.7. The number of carbonyl (C=O) groups is 4. The summed E-state index contributed by atoms with van der Waals surface area (Å²) < 4.78 is 65.0. The van der Waals surface area contributed by atoms with Gasteiger partial charge in [-0.2, -0.15) is 0 Å². The number of hydrogen-bond acceptors (Lipinski definition) is 29. The molecule has 0 aromatic heterocycles. The summed E-state index contributed by atoms with van der Waals surface area (Å²) in [4.78, 5) is 49.2. The average molecular weight is 1230 g/mol. The number of ether oxygens (including phenoxy) is 11. The van der Waals surface area contributed by atoms with Crippen molar-refractivity contribution in [3.8, 4) is 0 Å². The van der Waals surface area contributed by atoms with Gasteiger partial charge in [0.2, 0.25) is 0 Å². The van der Waals surface area contributed by atoms with Crippen molar-refractivity contribution in [3.05, 3.63) is 24.3 Å². The minimum absolute atomic E-state index is 0.0320. The number of carbonyl (C=O) groups excluding carboxylic acids is 3. The van der Waals surface area contributed by atoms with Gasteiger partial charge < -0.3 is 129 Å². The molecule has 4 heterocycles. The summed E-state index contributed by atoms with van der Waals surface area (Å²) in [5.74, 6) is -6.36. The molecule has 4 saturated carbocycles. The number of esters is 3. The monoisotopic (exact) mass is 1220 g/mol. The molecule has 8 fully saturated rings. The zero-order valence-electron chi connectivity index (χ0n) is 46.8. The molecule has 0 bridgehead atoms. The Kier molecular flexibility index (Phi) is 24.1. The van der Waals surface area contributed by atoms with E-state index in [-0.39, 0.29) is 43.9 Å². The van der Waals surface area contributed by atoms with Gasteiger partial charge in [0.15, 0.2) is 18.9 Å². The third kappa shape index (κ3) is 17.1. The first kappa shape index (κ1) is 67.4. The van der Waals surface area contributed by atoms with Gasteiger partial charge in [0, 0.05) is 31.6 Å². The minimum Gasteiger partial charge on any atom is -0.481 e. The van der Waals surface area contributed by atoms with Crippen molar-refractivity contribution in [1.29, 1.82) is 0 Å². The SMILES string of the molecule is COC1CC(C=CC(=O)OCC2OC(OC3C(OC4CC5C(OC6OC(COC(=O)CC(=O)O)C(O)C(O)C6O)CC(O)CC5OC4C4CC(O)C(O)C(O)C4)OC(COC(=O)C=CC4CCC(O)CC4)C(O)C3O)C(O)C(O)C2O)CCC1O. The Bertz CT molecular complexity index is 2220. The molecule has 30 nitrogen and oxygen atoms in total. The Balaban J connectivity index is 1.05. The van der Waals surface area contributed by atoms with Gasteiger partial charge in [-0.1, -0.05) is 12.2 Å². The summed E-state index contributed by atoms with van der Waals surface area (Å²) >= 11 is 0. The van der Waals surface area contributed by atoms with Crippen molar-refractivity contribution in [1.82, 2.24) is 0 Å². The van der Waals surface area contributed by atoms with Gasteiger partial charge in [0.1, 0.15) is 106 Å². The van der Waals surface area contributed by atoms with E-state index >= 15 is 0 Å². The fourth-order valence-corrected chi connectivity index (χ4v) is 12.8. The highest BCUT2D eigenvalue weighted by Crippen LogP contribution is 2.46. The van der Waals surface area contributed by atoms with E-state index in [0.29, 0.717) is 44.9 Å². The highest BCUT2D eigenvalue weighted by Gasteiger charge is 2.57. The lowest BCUT2D eigenvalue weighted by molar-refractivity contribution is -0.380. The van der Waals surface area contributed by atoms with E-state index in [1.165, 1.54) is 13.2 Å². The Morgan fingerprint density at radius 3 is 1.55 bits per heavy atom. The Hall–Kier alpha value is -3.52. The van der Waals surface area contributed by atoms with Crippen molar-refractivity contribution in [3.63, 3.8) is 0 Å². The summed E-state index contributed by atoms with van der Waals surface area (Å²) in [5, 5.41) is 163. The maximum absolute atomic E-state index is 13.1. The lowest BCUT2D eigenvalue weighted by Gasteiger charge is -2.53. The number of carboxylic acids is 1. The maximum atomic E-state index is 13.1. The van der Waals surface area contributed by atoms with E-state index in [9.17, 15) is 90.7 Å². The van der Waals surface area contributed by atoms with Crippen LogP contribution in [0, 0.1) is 23.7 Å². The van der Waals surface area contributed by atoms with Gasteiger partial charge in [-0.25, -0.2) is 9.59 Å². The molecule has 4 aliphatic heterocycles. The highest BCUT2D eigenvalue weighted by atomic mass is 16.8. The molecule has 0 aromatic carbocycles. The summed E-state index contributed by atoms with van der Waals surface area (Å²) in [6.07, 6.45) is -32.9. The zero-order valence-corrected chi connectivity index (χ0v) is 46.8. The van der Waals surface area contributed by atoms with Crippen LogP contribution in [-0.2, 0) is 71.3 Å².